The van der Waals surface area contributed by atoms with Crippen LogP contribution in [-0.2, 0) is 4.79 Å². The maximum Gasteiger partial charge on any atom is 0.352 e. The zero-order chi connectivity index (χ0) is 18.5. The minimum absolute atomic E-state index is 0.270. The number of hydrogen-bond acceptors (Lipinski definition) is 3. The first-order chi connectivity index (χ1) is 12.5. The highest BCUT2D eigenvalue weighted by molar-refractivity contribution is 6.33. The van der Waals surface area contributed by atoms with Crippen molar-refractivity contribution in [3.63, 3.8) is 0 Å². The molecule has 26 heavy (non-hydrogen) atoms. The van der Waals surface area contributed by atoms with Gasteiger partial charge in [-0.05, 0) is 30.3 Å². The molecular formula is C19H14ClN3O3. The topological polar surface area (TPSA) is 95.1 Å². The molecule has 0 saturated carbocycles. The quantitative estimate of drug-likeness (QED) is 0.600. The molecular weight excluding hydrogens is 354 g/mol. The van der Waals surface area contributed by atoms with E-state index in [1.54, 1.807) is 48.5 Å². The molecule has 3 aromatic rings. The molecule has 0 aliphatic rings. The summed E-state index contributed by atoms with van der Waals surface area (Å²) in [5.41, 5.74) is 1.21. The number of nitrogens with zero attached hydrogens (tertiary/aromatic N) is 1. The summed E-state index contributed by atoms with van der Waals surface area (Å²) in [4.78, 5) is 30.8. The SMILES string of the molecule is O=C(O)/C(=C\c1cnc(-c2ccccc2Cl)[nH]1)NC(=O)c1ccccc1. The van der Waals surface area contributed by atoms with Gasteiger partial charge >= 0.3 is 5.97 Å². The van der Waals surface area contributed by atoms with E-state index in [1.807, 2.05) is 6.07 Å². The van der Waals surface area contributed by atoms with Gasteiger partial charge in [0.1, 0.15) is 11.5 Å². The van der Waals surface area contributed by atoms with Gasteiger partial charge in [-0.2, -0.15) is 0 Å². The van der Waals surface area contributed by atoms with Crippen LogP contribution in [0.5, 0.6) is 0 Å². The third kappa shape index (κ3) is 3.99. The number of H-pyrrole nitrogens is 1. The summed E-state index contributed by atoms with van der Waals surface area (Å²) < 4.78 is 0. The van der Waals surface area contributed by atoms with Crippen molar-refractivity contribution >= 4 is 29.6 Å². The number of nitrogens with one attached hydrogen (secondary N) is 2. The first-order valence-corrected chi connectivity index (χ1v) is 8.03. The molecule has 3 rings (SSSR count). The second-order valence-electron chi connectivity index (χ2n) is 5.35. The van der Waals surface area contributed by atoms with Crippen LogP contribution in [-0.4, -0.2) is 27.0 Å². The molecule has 1 aromatic heterocycles. The van der Waals surface area contributed by atoms with Gasteiger partial charge < -0.3 is 15.4 Å². The van der Waals surface area contributed by atoms with Crippen molar-refractivity contribution in [3.05, 3.63) is 82.8 Å². The molecule has 130 valence electrons. The Bertz CT molecular complexity index is 980. The van der Waals surface area contributed by atoms with Crippen molar-refractivity contribution in [2.75, 3.05) is 0 Å². The number of amides is 1. The molecule has 0 saturated heterocycles. The fraction of sp³-hybridized carbons (Fsp3) is 0. The monoisotopic (exact) mass is 367 g/mol. The Morgan fingerprint density at radius 2 is 1.77 bits per heavy atom. The molecule has 1 amide bonds. The lowest BCUT2D eigenvalue weighted by atomic mass is 10.2. The summed E-state index contributed by atoms with van der Waals surface area (Å²) in [6, 6.07) is 15.5. The molecule has 0 radical (unpaired) electrons. The Morgan fingerprint density at radius 1 is 1.08 bits per heavy atom. The summed E-state index contributed by atoms with van der Waals surface area (Å²) in [6.45, 7) is 0. The van der Waals surface area contributed by atoms with Gasteiger partial charge in [0, 0.05) is 11.1 Å². The van der Waals surface area contributed by atoms with Crippen LogP contribution in [0.1, 0.15) is 16.1 Å². The summed E-state index contributed by atoms with van der Waals surface area (Å²) in [5, 5.41) is 12.3. The zero-order valence-electron chi connectivity index (χ0n) is 13.4. The number of aromatic nitrogens is 2. The van der Waals surface area contributed by atoms with Crippen molar-refractivity contribution in [2.24, 2.45) is 0 Å². The van der Waals surface area contributed by atoms with Gasteiger partial charge in [-0.3, -0.25) is 4.79 Å². The smallest absolute Gasteiger partial charge is 0.352 e. The van der Waals surface area contributed by atoms with E-state index in [2.05, 4.69) is 15.3 Å². The van der Waals surface area contributed by atoms with Gasteiger partial charge in [-0.1, -0.05) is 41.9 Å². The van der Waals surface area contributed by atoms with Crippen LogP contribution in [0.3, 0.4) is 0 Å². The molecule has 2 aromatic carbocycles. The summed E-state index contributed by atoms with van der Waals surface area (Å²) in [5.74, 6) is -1.27. The molecule has 0 bridgehead atoms. The second-order valence-corrected chi connectivity index (χ2v) is 5.76. The van der Waals surface area contributed by atoms with E-state index in [9.17, 15) is 14.7 Å². The third-order valence-corrected chi connectivity index (χ3v) is 3.87. The van der Waals surface area contributed by atoms with E-state index in [1.165, 1.54) is 12.3 Å². The van der Waals surface area contributed by atoms with Crippen LogP contribution in [0, 0.1) is 0 Å². The van der Waals surface area contributed by atoms with Crippen molar-refractivity contribution in [3.8, 4) is 11.4 Å². The zero-order valence-corrected chi connectivity index (χ0v) is 14.2. The Balaban J connectivity index is 1.85. The molecule has 0 aliphatic heterocycles. The second kappa shape index (κ2) is 7.67. The van der Waals surface area contributed by atoms with E-state index >= 15 is 0 Å². The Hall–Kier alpha value is -3.38. The number of rotatable bonds is 5. The standard InChI is InChI=1S/C19H14ClN3O3/c20-15-9-5-4-8-14(15)17-21-11-13(22-17)10-16(19(25)26)23-18(24)12-6-2-1-3-7-12/h1-11H,(H,21,22)(H,23,24)(H,25,26)/b16-10+. The molecule has 0 aliphatic carbocycles. The number of carbonyl (C=O) groups excluding carboxylic acids is 1. The molecule has 1 heterocycles. The van der Waals surface area contributed by atoms with Crippen molar-refractivity contribution in [1.29, 1.82) is 0 Å². The minimum atomic E-state index is -1.26. The normalized spacial score (nSPS) is 11.2. The van der Waals surface area contributed by atoms with E-state index in [4.69, 9.17) is 11.6 Å². The molecule has 0 spiro atoms. The van der Waals surface area contributed by atoms with Gasteiger partial charge in [0.2, 0.25) is 0 Å². The lowest BCUT2D eigenvalue weighted by molar-refractivity contribution is -0.132. The number of carboxylic acids is 1. The van der Waals surface area contributed by atoms with Crippen molar-refractivity contribution in [2.45, 2.75) is 0 Å². The maximum atomic E-state index is 12.2. The molecule has 0 fully saturated rings. The highest BCUT2D eigenvalue weighted by Crippen LogP contribution is 2.25. The Morgan fingerprint density at radius 3 is 2.46 bits per heavy atom. The highest BCUT2D eigenvalue weighted by atomic mass is 35.5. The highest BCUT2D eigenvalue weighted by Gasteiger charge is 2.14. The minimum Gasteiger partial charge on any atom is -0.477 e. The fourth-order valence-electron chi connectivity index (χ4n) is 2.29. The van der Waals surface area contributed by atoms with Gasteiger partial charge in [-0.15, -0.1) is 0 Å². The van der Waals surface area contributed by atoms with Crippen LogP contribution < -0.4 is 5.32 Å². The number of benzene rings is 2. The molecule has 6 nitrogen and oxygen atoms in total. The average Bonchev–Trinajstić information content (AvgIpc) is 3.10. The molecule has 7 heteroatoms. The molecule has 0 atom stereocenters. The fourth-order valence-corrected chi connectivity index (χ4v) is 2.51. The van der Waals surface area contributed by atoms with Gasteiger partial charge in [0.05, 0.1) is 16.9 Å². The summed E-state index contributed by atoms with van der Waals surface area (Å²) >= 11 is 6.13. The van der Waals surface area contributed by atoms with Crippen LogP contribution in [0.4, 0.5) is 0 Å². The average molecular weight is 368 g/mol. The van der Waals surface area contributed by atoms with Crippen LogP contribution in [0.2, 0.25) is 5.02 Å². The van der Waals surface area contributed by atoms with Crippen LogP contribution >= 0.6 is 11.6 Å². The maximum absolute atomic E-state index is 12.2. The lowest BCUT2D eigenvalue weighted by Gasteiger charge is -2.05. The van der Waals surface area contributed by atoms with E-state index in [0.29, 0.717) is 27.7 Å². The van der Waals surface area contributed by atoms with Crippen LogP contribution in [0.15, 0.2) is 66.5 Å². The van der Waals surface area contributed by atoms with Gasteiger partial charge in [-0.25, -0.2) is 9.78 Å². The number of halogens is 1. The van der Waals surface area contributed by atoms with Gasteiger partial charge in [0.25, 0.3) is 5.91 Å². The summed E-state index contributed by atoms with van der Waals surface area (Å²) in [6.07, 6.45) is 2.77. The predicted octanol–water partition coefficient (Wildman–Crippen LogP) is 3.59. The van der Waals surface area contributed by atoms with Crippen molar-refractivity contribution < 1.29 is 14.7 Å². The predicted molar refractivity (Wildman–Crippen MR) is 98.6 cm³/mol. The number of carboxylic acid groups (broad SMARTS) is 1. The van der Waals surface area contributed by atoms with Crippen LogP contribution in [0.25, 0.3) is 17.5 Å². The lowest BCUT2D eigenvalue weighted by Crippen LogP contribution is -2.27. The number of imidazole rings is 1. The number of aliphatic carboxylic acids is 1. The van der Waals surface area contributed by atoms with E-state index in [-0.39, 0.29) is 5.70 Å². The van der Waals surface area contributed by atoms with Crippen molar-refractivity contribution in [1.82, 2.24) is 15.3 Å². The first kappa shape index (κ1) is 17.4. The summed E-state index contributed by atoms with van der Waals surface area (Å²) in [7, 11) is 0. The first-order valence-electron chi connectivity index (χ1n) is 7.66. The number of hydrogen-bond donors (Lipinski definition) is 3. The molecule has 0 unspecified atom stereocenters. The third-order valence-electron chi connectivity index (χ3n) is 3.54. The molecule has 3 N–H and O–H groups in total. The van der Waals surface area contributed by atoms with E-state index in [0.717, 1.165) is 0 Å². The Kier molecular flexibility index (Phi) is 5.15. The Labute approximate surface area is 154 Å². The number of aromatic amines is 1. The van der Waals surface area contributed by atoms with Gasteiger partial charge in [0.15, 0.2) is 0 Å². The number of carbonyl (C=O) groups is 2. The largest absolute Gasteiger partial charge is 0.477 e. The van der Waals surface area contributed by atoms with E-state index < -0.39 is 11.9 Å².